The molecular weight excluding hydrogens is 398 g/mol. The number of ether oxygens (including phenoxy) is 1. The number of para-hydroxylation sites is 1. The topological polar surface area (TPSA) is 101 Å². The molecule has 0 saturated carbocycles. The average molecular weight is 422 g/mol. The number of carbonyl (C=O) groups is 2. The number of nitrogens with one attached hydrogen (secondary N) is 2. The minimum atomic E-state index is -0.535. The van der Waals surface area contributed by atoms with E-state index >= 15 is 0 Å². The highest BCUT2D eigenvalue weighted by Gasteiger charge is 2.19. The molecule has 1 heterocycles. The Balaban J connectivity index is 2.07. The molecular formula is C19H23N3O4S2. The molecule has 9 heteroatoms. The summed E-state index contributed by atoms with van der Waals surface area (Å²) in [5.74, 6) is 0.808. The van der Waals surface area contributed by atoms with Gasteiger partial charge in [0.15, 0.2) is 5.16 Å². The normalized spacial score (nSPS) is 11.7. The van der Waals surface area contributed by atoms with Crippen molar-refractivity contribution in [2.24, 2.45) is 0 Å². The smallest absolute Gasteiger partial charge is 0.339 e. The number of hydrogen-bond acceptors (Lipinski definition) is 7. The minimum absolute atomic E-state index is 0.242. The lowest BCUT2D eigenvalue weighted by atomic mass is 10.2. The van der Waals surface area contributed by atoms with E-state index in [2.05, 4.69) is 22.2 Å². The molecule has 0 radical (unpaired) electrons. The number of anilines is 1. The van der Waals surface area contributed by atoms with Crippen LogP contribution in [0.4, 0.5) is 5.69 Å². The van der Waals surface area contributed by atoms with Crippen LogP contribution in [0.5, 0.6) is 0 Å². The number of amides is 1. The molecule has 2 N–H and O–H groups in total. The predicted octanol–water partition coefficient (Wildman–Crippen LogP) is 3.32. The van der Waals surface area contributed by atoms with Crippen LogP contribution >= 0.6 is 23.5 Å². The van der Waals surface area contributed by atoms with Crippen molar-refractivity contribution in [1.29, 1.82) is 0 Å². The van der Waals surface area contributed by atoms with Gasteiger partial charge in [0.05, 0.1) is 29.3 Å². The SMILES string of the molecule is CCCSCc1cc(=O)[nH]c(SC(C)C(=O)Nc2ccccc2C(=O)OC)n1. The molecule has 0 saturated heterocycles. The molecule has 150 valence electrons. The van der Waals surface area contributed by atoms with Crippen LogP contribution in [0, 0.1) is 0 Å². The summed E-state index contributed by atoms with van der Waals surface area (Å²) in [6, 6.07) is 8.10. The second-order valence-electron chi connectivity index (χ2n) is 5.88. The molecule has 28 heavy (non-hydrogen) atoms. The Morgan fingerprint density at radius 2 is 2.07 bits per heavy atom. The number of nitrogens with zero attached hydrogens (tertiary/aromatic N) is 1. The van der Waals surface area contributed by atoms with Gasteiger partial charge in [-0.2, -0.15) is 11.8 Å². The molecule has 1 aromatic heterocycles. The summed E-state index contributed by atoms with van der Waals surface area (Å²) < 4.78 is 4.73. The number of H-pyrrole nitrogens is 1. The monoisotopic (exact) mass is 421 g/mol. The maximum atomic E-state index is 12.6. The number of aromatic nitrogens is 2. The maximum absolute atomic E-state index is 12.6. The van der Waals surface area contributed by atoms with Gasteiger partial charge < -0.3 is 15.0 Å². The van der Waals surface area contributed by atoms with E-state index in [0.717, 1.165) is 23.9 Å². The van der Waals surface area contributed by atoms with Gasteiger partial charge in [-0.15, -0.1) is 0 Å². The van der Waals surface area contributed by atoms with Crippen LogP contribution < -0.4 is 10.9 Å². The van der Waals surface area contributed by atoms with E-state index in [0.29, 0.717) is 22.3 Å². The number of methoxy groups -OCH3 is 1. The van der Waals surface area contributed by atoms with Gasteiger partial charge in [-0.1, -0.05) is 30.8 Å². The van der Waals surface area contributed by atoms with Gasteiger partial charge in [0.1, 0.15) is 0 Å². The van der Waals surface area contributed by atoms with Gasteiger partial charge in [-0.25, -0.2) is 9.78 Å². The Labute approximate surface area is 172 Å². The van der Waals surface area contributed by atoms with Gasteiger partial charge in [0.2, 0.25) is 5.91 Å². The van der Waals surface area contributed by atoms with Gasteiger partial charge in [-0.05, 0) is 31.2 Å². The second kappa shape index (κ2) is 10.9. The molecule has 0 aliphatic carbocycles. The number of rotatable bonds is 9. The summed E-state index contributed by atoms with van der Waals surface area (Å²) in [7, 11) is 1.28. The van der Waals surface area contributed by atoms with E-state index in [9.17, 15) is 14.4 Å². The molecule has 0 fully saturated rings. The van der Waals surface area contributed by atoms with Crippen molar-refractivity contribution in [2.45, 2.75) is 36.4 Å². The largest absolute Gasteiger partial charge is 0.465 e. The summed E-state index contributed by atoms with van der Waals surface area (Å²) in [6.45, 7) is 3.80. The minimum Gasteiger partial charge on any atom is -0.465 e. The van der Waals surface area contributed by atoms with Crippen molar-refractivity contribution in [3.63, 3.8) is 0 Å². The zero-order valence-corrected chi connectivity index (χ0v) is 17.6. The molecule has 1 unspecified atom stereocenters. The fourth-order valence-corrected chi connectivity index (χ4v) is 3.89. The summed E-state index contributed by atoms with van der Waals surface area (Å²) in [6.07, 6.45) is 1.06. The first-order valence-corrected chi connectivity index (χ1v) is 10.8. The first kappa shape index (κ1) is 22.0. The number of hydrogen-bond donors (Lipinski definition) is 2. The summed E-state index contributed by atoms with van der Waals surface area (Å²) in [4.78, 5) is 43.3. The molecule has 0 aliphatic heterocycles. The zero-order chi connectivity index (χ0) is 20.5. The molecule has 2 rings (SSSR count). The highest BCUT2D eigenvalue weighted by Crippen LogP contribution is 2.22. The lowest BCUT2D eigenvalue weighted by Gasteiger charge is -2.14. The van der Waals surface area contributed by atoms with E-state index < -0.39 is 11.2 Å². The van der Waals surface area contributed by atoms with Crippen LogP contribution in [-0.4, -0.2) is 40.0 Å². The highest BCUT2D eigenvalue weighted by atomic mass is 32.2. The third-order valence-electron chi connectivity index (χ3n) is 3.62. The first-order valence-electron chi connectivity index (χ1n) is 8.77. The molecule has 0 spiro atoms. The molecule has 0 bridgehead atoms. The summed E-state index contributed by atoms with van der Waals surface area (Å²) >= 11 is 2.86. The highest BCUT2D eigenvalue weighted by molar-refractivity contribution is 8.00. The van der Waals surface area contributed by atoms with Gasteiger partial charge in [-0.3, -0.25) is 9.59 Å². The lowest BCUT2D eigenvalue weighted by molar-refractivity contribution is -0.115. The van der Waals surface area contributed by atoms with Crippen LogP contribution in [0.25, 0.3) is 0 Å². The van der Waals surface area contributed by atoms with Crippen molar-refractivity contribution in [3.8, 4) is 0 Å². The number of esters is 1. The fraction of sp³-hybridized carbons (Fsp3) is 0.368. The average Bonchev–Trinajstić information content (AvgIpc) is 2.67. The van der Waals surface area contributed by atoms with E-state index in [-0.39, 0.29) is 17.0 Å². The fourth-order valence-electron chi connectivity index (χ4n) is 2.27. The Bertz CT molecular complexity index is 885. The van der Waals surface area contributed by atoms with Gasteiger partial charge >= 0.3 is 5.97 Å². The quantitative estimate of drug-likeness (QED) is 0.277. The van der Waals surface area contributed by atoms with Crippen molar-refractivity contribution < 1.29 is 14.3 Å². The Hall–Kier alpha value is -2.26. The molecule has 0 aliphatic rings. The van der Waals surface area contributed by atoms with Crippen molar-refractivity contribution in [1.82, 2.24) is 9.97 Å². The molecule has 2 aromatic rings. The predicted molar refractivity (Wildman–Crippen MR) is 113 cm³/mol. The standard InChI is InChI=1S/C19H23N3O4S2/c1-4-9-27-11-13-10-16(23)22-19(20-13)28-12(2)17(24)21-15-8-6-5-7-14(15)18(25)26-3/h5-8,10,12H,4,9,11H2,1-3H3,(H,21,24)(H,20,22,23). The van der Waals surface area contributed by atoms with Crippen LogP contribution in [-0.2, 0) is 15.3 Å². The van der Waals surface area contributed by atoms with Gasteiger partial charge in [0, 0.05) is 11.8 Å². The van der Waals surface area contributed by atoms with Crippen LogP contribution in [0.15, 0.2) is 40.3 Å². The first-order chi connectivity index (χ1) is 13.4. The van der Waals surface area contributed by atoms with E-state index in [1.807, 2.05) is 0 Å². The molecule has 1 atom stereocenters. The van der Waals surface area contributed by atoms with E-state index in [1.165, 1.54) is 13.2 Å². The molecule has 1 aromatic carbocycles. The van der Waals surface area contributed by atoms with E-state index in [1.54, 1.807) is 43.0 Å². The van der Waals surface area contributed by atoms with E-state index in [4.69, 9.17) is 4.74 Å². The van der Waals surface area contributed by atoms with Crippen molar-refractivity contribution in [2.75, 3.05) is 18.2 Å². The van der Waals surface area contributed by atoms with Crippen molar-refractivity contribution >= 4 is 41.1 Å². The second-order valence-corrected chi connectivity index (χ2v) is 8.32. The van der Waals surface area contributed by atoms with Gasteiger partial charge in [0.25, 0.3) is 5.56 Å². The summed E-state index contributed by atoms with van der Waals surface area (Å²) in [5.41, 5.74) is 1.09. The Morgan fingerprint density at radius 1 is 1.32 bits per heavy atom. The Morgan fingerprint density at radius 3 is 2.79 bits per heavy atom. The third-order valence-corrected chi connectivity index (χ3v) is 5.80. The molecule has 1 amide bonds. The van der Waals surface area contributed by atoms with Crippen LogP contribution in [0.2, 0.25) is 0 Å². The van der Waals surface area contributed by atoms with Crippen LogP contribution in [0.1, 0.15) is 36.3 Å². The Kier molecular flexibility index (Phi) is 8.59. The summed E-state index contributed by atoms with van der Waals surface area (Å²) in [5, 5.41) is 2.59. The maximum Gasteiger partial charge on any atom is 0.339 e. The lowest BCUT2D eigenvalue weighted by Crippen LogP contribution is -2.24. The zero-order valence-electron chi connectivity index (χ0n) is 16.0. The van der Waals surface area contributed by atoms with Crippen LogP contribution in [0.3, 0.4) is 0 Å². The number of thioether (sulfide) groups is 2. The number of aromatic amines is 1. The molecule has 7 nitrogen and oxygen atoms in total. The number of carbonyl (C=O) groups excluding carboxylic acids is 2. The number of benzene rings is 1. The third kappa shape index (κ3) is 6.42. The van der Waals surface area contributed by atoms with Crippen molar-refractivity contribution in [3.05, 3.63) is 51.9 Å².